The molecule has 1 amide bonds. The molecule has 176 valence electrons. The number of anilines is 1. The number of carbonyl (C=O) groups excluding carboxylic acids is 2. The molecule has 34 heavy (non-hydrogen) atoms. The summed E-state index contributed by atoms with van der Waals surface area (Å²) >= 11 is 5.26. The quantitative estimate of drug-likeness (QED) is 0.245. The first kappa shape index (κ1) is 24.7. The van der Waals surface area contributed by atoms with Gasteiger partial charge in [0, 0.05) is 5.69 Å². The molecule has 0 bridgehead atoms. The number of benzene rings is 3. The van der Waals surface area contributed by atoms with Crippen LogP contribution in [0.1, 0.15) is 34.1 Å². The first-order valence-electron chi connectivity index (χ1n) is 10.9. The number of thiocarbonyl (C=S) groups is 1. The molecule has 3 aromatic carbocycles. The van der Waals surface area contributed by atoms with Crippen LogP contribution in [-0.2, 0) is 4.74 Å². The Labute approximate surface area is 204 Å². The predicted octanol–water partition coefficient (Wildman–Crippen LogP) is 4.84. The molecule has 0 aliphatic carbocycles. The zero-order valence-corrected chi connectivity index (χ0v) is 19.6. The normalized spacial score (nSPS) is 10.1. The Kier molecular flexibility index (Phi) is 9.42. The van der Waals surface area contributed by atoms with Crippen molar-refractivity contribution in [1.29, 1.82) is 0 Å². The summed E-state index contributed by atoms with van der Waals surface area (Å²) in [5, 5.41) is 5.69. The van der Waals surface area contributed by atoms with Gasteiger partial charge in [-0.15, -0.1) is 0 Å². The number of hydrogen-bond acceptors (Lipinski definition) is 6. The average Bonchev–Trinajstić information content (AvgIpc) is 2.86. The largest absolute Gasteiger partial charge is 0.490 e. The molecule has 0 radical (unpaired) electrons. The second kappa shape index (κ2) is 13.0. The number of ether oxygens (including phenoxy) is 3. The number of hydrogen-bond donors (Lipinski definition) is 2. The lowest BCUT2D eigenvalue weighted by molar-refractivity contribution is 0.0505. The van der Waals surface area contributed by atoms with Crippen LogP contribution in [0.15, 0.2) is 78.9 Å². The molecule has 0 heterocycles. The van der Waals surface area contributed by atoms with Gasteiger partial charge >= 0.3 is 5.97 Å². The van der Waals surface area contributed by atoms with Crippen molar-refractivity contribution in [3.8, 4) is 11.5 Å². The number of nitrogens with one attached hydrogen (secondary N) is 2. The van der Waals surface area contributed by atoms with Gasteiger partial charge in [-0.1, -0.05) is 37.3 Å². The highest BCUT2D eigenvalue weighted by molar-refractivity contribution is 7.80. The highest BCUT2D eigenvalue weighted by Crippen LogP contribution is 2.18. The third-order valence-electron chi connectivity index (χ3n) is 4.53. The lowest BCUT2D eigenvalue weighted by Gasteiger charge is -2.13. The molecule has 3 aromatic rings. The van der Waals surface area contributed by atoms with E-state index in [1.165, 1.54) is 0 Å². The van der Waals surface area contributed by atoms with Crippen LogP contribution in [0.2, 0.25) is 0 Å². The van der Waals surface area contributed by atoms with Gasteiger partial charge in [-0.05, 0) is 67.2 Å². The minimum absolute atomic E-state index is 0.119. The van der Waals surface area contributed by atoms with Crippen molar-refractivity contribution >= 4 is 34.9 Å². The Bertz CT molecular complexity index is 1100. The fourth-order valence-corrected chi connectivity index (χ4v) is 3.12. The van der Waals surface area contributed by atoms with Crippen LogP contribution in [0.4, 0.5) is 5.69 Å². The molecule has 0 saturated carbocycles. The fraction of sp³-hybridized carbons (Fsp3) is 0.192. The smallest absolute Gasteiger partial charge is 0.338 e. The van der Waals surface area contributed by atoms with E-state index in [0.29, 0.717) is 35.8 Å². The summed E-state index contributed by atoms with van der Waals surface area (Å²) in [5.74, 6) is 0.390. The van der Waals surface area contributed by atoms with E-state index in [0.717, 1.165) is 12.2 Å². The second-order valence-electron chi connectivity index (χ2n) is 7.13. The zero-order valence-electron chi connectivity index (χ0n) is 18.8. The van der Waals surface area contributed by atoms with Gasteiger partial charge in [-0.25, -0.2) is 4.79 Å². The molecule has 3 rings (SSSR count). The van der Waals surface area contributed by atoms with Gasteiger partial charge in [0.05, 0.1) is 17.7 Å². The summed E-state index contributed by atoms with van der Waals surface area (Å²) in [4.78, 5) is 24.6. The lowest BCUT2D eigenvalue weighted by atomic mass is 10.2. The lowest BCUT2D eigenvalue weighted by Crippen LogP contribution is -2.34. The third kappa shape index (κ3) is 7.60. The van der Waals surface area contributed by atoms with Gasteiger partial charge in [0.15, 0.2) is 5.11 Å². The molecule has 8 heteroatoms. The van der Waals surface area contributed by atoms with E-state index in [4.69, 9.17) is 26.4 Å². The molecule has 0 saturated heterocycles. The maximum Gasteiger partial charge on any atom is 0.338 e. The first-order valence-corrected chi connectivity index (χ1v) is 11.3. The zero-order chi connectivity index (χ0) is 24.2. The van der Waals surface area contributed by atoms with E-state index in [-0.39, 0.29) is 17.7 Å². The first-order chi connectivity index (χ1) is 16.6. The molecular weight excluding hydrogens is 452 g/mol. The molecule has 0 atom stereocenters. The van der Waals surface area contributed by atoms with Gasteiger partial charge in [0.1, 0.15) is 24.7 Å². The highest BCUT2D eigenvalue weighted by Gasteiger charge is 2.14. The maximum absolute atomic E-state index is 12.8. The summed E-state index contributed by atoms with van der Waals surface area (Å²) in [5.41, 5.74) is 1.41. The van der Waals surface area contributed by atoms with Crippen molar-refractivity contribution in [1.82, 2.24) is 5.32 Å². The Hall–Kier alpha value is -3.91. The van der Waals surface area contributed by atoms with E-state index in [1.54, 1.807) is 48.5 Å². The number of rotatable bonds is 10. The molecular formula is C26H26N2O5S. The summed E-state index contributed by atoms with van der Waals surface area (Å²) in [7, 11) is 0. The standard InChI is InChI=1S/C26H26N2O5S/c1-2-16-33-25(30)19-12-14-20(15-13-19)27-26(34)28-24(29)22-10-6-7-11-23(22)32-18-17-31-21-8-4-3-5-9-21/h3-15H,2,16-18H2,1H3,(H2,27,28,29,34). The van der Waals surface area contributed by atoms with E-state index in [2.05, 4.69) is 10.6 Å². The Morgan fingerprint density at radius 3 is 2.24 bits per heavy atom. The van der Waals surface area contributed by atoms with Gasteiger partial charge in [-0.3, -0.25) is 10.1 Å². The van der Waals surface area contributed by atoms with Crippen LogP contribution < -0.4 is 20.1 Å². The number of amides is 1. The molecule has 0 aliphatic rings. The molecule has 0 spiro atoms. The Balaban J connectivity index is 1.51. The predicted molar refractivity (Wildman–Crippen MR) is 135 cm³/mol. The number of carbonyl (C=O) groups is 2. The molecule has 0 aliphatic heterocycles. The van der Waals surface area contributed by atoms with Crippen molar-refractivity contribution < 1.29 is 23.8 Å². The Morgan fingerprint density at radius 2 is 1.50 bits per heavy atom. The van der Waals surface area contributed by atoms with E-state index in [1.807, 2.05) is 37.3 Å². The van der Waals surface area contributed by atoms with E-state index >= 15 is 0 Å². The van der Waals surface area contributed by atoms with Gasteiger partial charge in [0.2, 0.25) is 0 Å². The third-order valence-corrected chi connectivity index (χ3v) is 4.73. The Morgan fingerprint density at radius 1 is 0.824 bits per heavy atom. The summed E-state index contributed by atoms with van der Waals surface area (Å²) < 4.78 is 16.5. The monoisotopic (exact) mass is 478 g/mol. The minimum Gasteiger partial charge on any atom is -0.490 e. The molecule has 0 unspecified atom stereocenters. The molecule has 2 N–H and O–H groups in total. The highest BCUT2D eigenvalue weighted by atomic mass is 32.1. The molecule has 0 aromatic heterocycles. The summed E-state index contributed by atoms with van der Waals surface area (Å²) in [6.07, 6.45) is 0.759. The van der Waals surface area contributed by atoms with Crippen LogP contribution >= 0.6 is 12.2 Å². The van der Waals surface area contributed by atoms with Crippen LogP contribution in [-0.4, -0.2) is 36.8 Å². The van der Waals surface area contributed by atoms with Crippen molar-refractivity contribution in [3.05, 3.63) is 90.0 Å². The van der Waals surface area contributed by atoms with Crippen molar-refractivity contribution in [3.63, 3.8) is 0 Å². The van der Waals surface area contributed by atoms with Gasteiger partial charge in [-0.2, -0.15) is 0 Å². The summed E-state index contributed by atoms with van der Waals surface area (Å²) in [6.45, 7) is 2.91. The van der Waals surface area contributed by atoms with Crippen LogP contribution in [0.5, 0.6) is 11.5 Å². The SMILES string of the molecule is CCCOC(=O)c1ccc(NC(=S)NC(=O)c2ccccc2OCCOc2ccccc2)cc1. The second-order valence-corrected chi connectivity index (χ2v) is 7.54. The fourth-order valence-electron chi connectivity index (χ4n) is 2.91. The van der Waals surface area contributed by atoms with E-state index in [9.17, 15) is 9.59 Å². The molecule has 7 nitrogen and oxygen atoms in total. The topological polar surface area (TPSA) is 85.9 Å². The van der Waals surface area contributed by atoms with E-state index < -0.39 is 5.91 Å². The average molecular weight is 479 g/mol. The van der Waals surface area contributed by atoms with Crippen LogP contribution in [0, 0.1) is 0 Å². The number of para-hydroxylation sites is 2. The van der Waals surface area contributed by atoms with Crippen molar-refractivity contribution in [2.24, 2.45) is 0 Å². The van der Waals surface area contributed by atoms with Crippen LogP contribution in [0.25, 0.3) is 0 Å². The van der Waals surface area contributed by atoms with Gasteiger partial charge < -0.3 is 19.5 Å². The molecule has 0 fully saturated rings. The summed E-state index contributed by atoms with van der Waals surface area (Å²) in [6, 6.07) is 23.0. The maximum atomic E-state index is 12.8. The van der Waals surface area contributed by atoms with Crippen molar-refractivity contribution in [2.75, 3.05) is 25.1 Å². The van der Waals surface area contributed by atoms with Gasteiger partial charge in [0.25, 0.3) is 5.91 Å². The van der Waals surface area contributed by atoms with Crippen LogP contribution in [0.3, 0.4) is 0 Å². The number of esters is 1. The minimum atomic E-state index is -0.406. The van der Waals surface area contributed by atoms with Crippen molar-refractivity contribution in [2.45, 2.75) is 13.3 Å².